The van der Waals surface area contributed by atoms with Crippen LogP contribution >= 0.6 is 0 Å². The van der Waals surface area contributed by atoms with Crippen LogP contribution in [0.2, 0.25) is 0 Å². The van der Waals surface area contributed by atoms with Crippen molar-refractivity contribution >= 4 is 0 Å². The Kier molecular flexibility index (Phi) is 3.43. The fraction of sp³-hybridized carbons (Fsp3) is 0.692. The summed E-state index contributed by atoms with van der Waals surface area (Å²) in [6, 6.07) is 0. The predicted octanol–water partition coefficient (Wildman–Crippen LogP) is 3.65. The van der Waals surface area contributed by atoms with Crippen molar-refractivity contribution in [2.24, 2.45) is 11.8 Å². The Hall–Kier alpha value is -0.700. The van der Waals surface area contributed by atoms with Gasteiger partial charge in [0, 0.05) is 5.92 Å². The summed E-state index contributed by atoms with van der Waals surface area (Å²) < 4.78 is 27.2. The van der Waals surface area contributed by atoms with Crippen molar-refractivity contribution in [1.29, 1.82) is 0 Å². The lowest BCUT2D eigenvalue weighted by molar-refractivity contribution is 0.0918. The third kappa shape index (κ3) is 2.19. The molecule has 90 valence electrons. The molecule has 0 heterocycles. The van der Waals surface area contributed by atoms with Crippen molar-refractivity contribution in [3.63, 3.8) is 0 Å². The van der Waals surface area contributed by atoms with Gasteiger partial charge in [-0.3, -0.25) is 0 Å². The van der Waals surface area contributed by atoms with Gasteiger partial charge >= 0.3 is 0 Å². The third-order valence-corrected chi connectivity index (χ3v) is 3.87. The molecule has 1 nitrogen and oxygen atoms in total. The van der Waals surface area contributed by atoms with Gasteiger partial charge in [-0.25, -0.2) is 8.78 Å². The Labute approximate surface area is 94.9 Å². The standard InChI is InChI=1S/C13H18F2O/c1-8-2-7-11(13(15)12(8)14)9-3-5-10(16)6-4-9/h2,9-11,16H,3-7H2,1H3. The highest BCUT2D eigenvalue weighted by molar-refractivity contribution is 5.31. The molecule has 2 aliphatic rings. The van der Waals surface area contributed by atoms with Crippen LogP contribution < -0.4 is 0 Å². The molecule has 2 aliphatic carbocycles. The van der Waals surface area contributed by atoms with Gasteiger partial charge in [0.05, 0.1) is 6.10 Å². The number of hydrogen-bond donors (Lipinski definition) is 1. The Balaban J connectivity index is 2.07. The molecule has 0 amide bonds. The minimum atomic E-state index is -0.664. The number of allylic oxidation sites excluding steroid dienone is 4. The summed E-state index contributed by atoms with van der Waals surface area (Å²) in [5.41, 5.74) is 0.421. The molecule has 1 N–H and O–H groups in total. The van der Waals surface area contributed by atoms with Gasteiger partial charge in [0.1, 0.15) is 5.83 Å². The minimum absolute atomic E-state index is 0.193. The number of aliphatic hydroxyl groups is 1. The lowest BCUT2D eigenvalue weighted by Gasteiger charge is -2.32. The molecule has 1 atom stereocenters. The van der Waals surface area contributed by atoms with E-state index in [9.17, 15) is 13.9 Å². The molecule has 1 saturated carbocycles. The van der Waals surface area contributed by atoms with Gasteiger partial charge in [-0.1, -0.05) is 6.08 Å². The van der Waals surface area contributed by atoms with E-state index in [1.54, 1.807) is 13.0 Å². The van der Waals surface area contributed by atoms with E-state index >= 15 is 0 Å². The van der Waals surface area contributed by atoms with Crippen LogP contribution in [-0.2, 0) is 0 Å². The normalized spacial score (nSPS) is 36.2. The van der Waals surface area contributed by atoms with Crippen molar-refractivity contribution in [2.45, 2.75) is 45.1 Å². The maximum atomic E-state index is 13.8. The van der Waals surface area contributed by atoms with Crippen LogP contribution in [0.1, 0.15) is 39.0 Å². The lowest BCUT2D eigenvalue weighted by Crippen LogP contribution is -2.25. The number of hydrogen-bond acceptors (Lipinski definition) is 1. The third-order valence-electron chi connectivity index (χ3n) is 3.87. The smallest absolute Gasteiger partial charge is 0.157 e. The second kappa shape index (κ2) is 4.66. The highest BCUT2D eigenvalue weighted by atomic mass is 19.2. The van der Waals surface area contributed by atoms with Gasteiger partial charge < -0.3 is 5.11 Å². The highest BCUT2D eigenvalue weighted by Gasteiger charge is 2.32. The van der Waals surface area contributed by atoms with Crippen molar-refractivity contribution in [2.75, 3.05) is 0 Å². The summed E-state index contributed by atoms with van der Waals surface area (Å²) in [6.07, 6.45) is 5.20. The van der Waals surface area contributed by atoms with Crippen LogP contribution in [0.5, 0.6) is 0 Å². The molecule has 16 heavy (non-hydrogen) atoms. The SMILES string of the molecule is CC1=CCC(C2CCC(O)CC2)C(F)=C1F. The molecule has 0 saturated heterocycles. The summed E-state index contributed by atoms with van der Waals surface area (Å²) >= 11 is 0. The first-order chi connectivity index (χ1) is 7.59. The zero-order valence-corrected chi connectivity index (χ0v) is 9.55. The topological polar surface area (TPSA) is 20.2 Å². The van der Waals surface area contributed by atoms with Gasteiger partial charge in [0.2, 0.25) is 0 Å². The highest BCUT2D eigenvalue weighted by Crippen LogP contribution is 2.41. The van der Waals surface area contributed by atoms with E-state index in [1.165, 1.54) is 0 Å². The van der Waals surface area contributed by atoms with E-state index in [-0.39, 0.29) is 17.9 Å². The maximum Gasteiger partial charge on any atom is 0.157 e. The van der Waals surface area contributed by atoms with Crippen molar-refractivity contribution < 1.29 is 13.9 Å². The van der Waals surface area contributed by atoms with E-state index in [0.29, 0.717) is 12.0 Å². The van der Waals surface area contributed by atoms with E-state index in [4.69, 9.17) is 0 Å². The Morgan fingerprint density at radius 3 is 2.44 bits per heavy atom. The summed E-state index contributed by atoms with van der Waals surface area (Å²) in [7, 11) is 0. The Morgan fingerprint density at radius 2 is 1.81 bits per heavy atom. The summed E-state index contributed by atoms with van der Waals surface area (Å²) in [4.78, 5) is 0. The van der Waals surface area contributed by atoms with Crippen LogP contribution in [-0.4, -0.2) is 11.2 Å². The maximum absolute atomic E-state index is 13.8. The molecular weight excluding hydrogens is 210 g/mol. The largest absolute Gasteiger partial charge is 0.393 e. The summed E-state index contributed by atoms with van der Waals surface area (Å²) in [6.45, 7) is 1.61. The molecule has 0 spiro atoms. The summed E-state index contributed by atoms with van der Waals surface area (Å²) in [5, 5.41) is 9.39. The fourth-order valence-corrected chi connectivity index (χ4v) is 2.75. The van der Waals surface area contributed by atoms with Crippen LogP contribution in [0.25, 0.3) is 0 Å². The van der Waals surface area contributed by atoms with E-state index < -0.39 is 11.7 Å². The zero-order valence-electron chi connectivity index (χ0n) is 9.55. The zero-order chi connectivity index (χ0) is 11.7. The average Bonchev–Trinajstić information content (AvgIpc) is 2.28. The second-order valence-electron chi connectivity index (χ2n) is 4.96. The molecule has 1 fully saturated rings. The van der Waals surface area contributed by atoms with E-state index in [1.807, 2.05) is 0 Å². The molecule has 3 heteroatoms. The fourth-order valence-electron chi connectivity index (χ4n) is 2.75. The monoisotopic (exact) mass is 228 g/mol. The van der Waals surface area contributed by atoms with Crippen LogP contribution in [0.15, 0.2) is 23.3 Å². The first-order valence-corrected chi connectivity index (χ1v) is 6.00. The molecule has 0 aromatic heterocycles. The quantitative estimate of drug-likeness (QED) is 0.726. The number of aliphatic hydroxyl groups excluding tert-OH is 1. The van der Waals surface area contributed by atoms with Gasteiger partial charge in [0.15, 0.2) is 5.83 Å². The molecule has 0 aromatic carbocycles. The number of halogens is 2. The first-order valence-electron chi connectivity index (χ1n) is 6.00. The van der Waals surface area contributed by atoms with Crippen LogP contribution in [0, 0.1) is 11.8 Å². The van der Waals surface area contributed by atoms with Gasteiger partial charge in [-0.2, -0.15) is 0 Å². The number of rotatable bonds is 1. The van der Waals surface area contributed by atoms with Gasteiger partial charge in [-0.15, -0.1) is 0 Å². The van der Waals surface area contributed by atoms with E-state index in [2.05, 4.69) is 0 Å². The molecule has 0 radical (unpaired) electrons. The average molecular weight is 228 g/mol. The Morgan fingerprint density at radius 1 is 1.19 bits per heavy atom. The summed E-state index contributed by atoms with van der Waals surface area (Å²) in [5.74, 6) is -1.33. The van der Waals surface area contributed by atoms with Crippen molar-refractivity contribution in [3.05, 3.63) is 23.3 Å². The second-order valence-corrected chi connectivity index (χ2v) is 4.96. The molecule has 2 rings (SSSR count). The van der Waals surface area contributed by atoms with E-state index in [0.717, 1.165) is 25.7 Å². The molecule has 1 unspecified atom stereocenters. The lowest BCUT2D eigenvalue weighted by atomic mass is 9.75. The molecule has 0 bridgehead atoms. The minimum Gasteiger partial charge on any atom is -0.393 e. The van der Waals surface area contributed by atoms with Crippen molar-refractivity contribution in [3.8, 4) is 0 Å². The van der Waals surface area contributed by atoms with Crippen molar-refractivity contribution in [1.82, 2.24) is 0 Å². The van der Waals surface area contributed by atoms with Gasteiger partial charge in [0.25, 0.3) is 0 Å². The predicted molar refractivity (Wildman–Crippen MR) is 59.1 cm³/mol. The first kappa shape index (κ1) is 11.8. The van der Waals surface area contributed by atoms with Gasteiger partial charge in [-0.05, 0) is 50.5 Å². The van der Waals surface area contributed by atoms with Crippen LogP contribution in [0.3, 0.4) is 0 Å². The molecular formula is C13H18F2O. The molecule has 0 aliphatic heterocycles. The Bertz CT molecular complexity index is 325. The molecule has 0 aromatic rings. The van der Waals surface area contributed by atoms with Crippen LogP contribution in [0.4, 0.5) is 8.78 Å².